The van der Waals surface area contributed by atoms with E-state index in [0.717, 1.165) is 38.1 Å². The number of nitrogens with two attached hydrogens (primary N) is 1. The summed E-state index contributed by atoms with van der Waals surface area (Å²) in [5, 5.41) is 3.24. The van der Waals surface area contributed by atoms with Gasteiger partial charge in [-0.05, 0) is 43.9 Å². The number of hydrogen-bond donors (Lipinski definition) is 2. The molecule has 94 valence electrons. The molecule has 0 bridgehead atoms. The van der Waals surface area contributed by atoms with Gasteiger partial charge in [0.15, 0.2) is 0 Å². The predicted molar refractivity (Wildman–Crippen MR) is 67.6 cm³/mol. The molecule has 0 aromatic heterocycles. The second kappa shape index (κ2) is 5.36. The zero-order valence-corrected chi connectivity index (χ0v) is 10.1. The molecule has 0 aliphatic carbocycles. The SMILES string of the molecule is Cc1cc(NCCC2CCCO2)c(N)cc1F. The van der Waals surface area contributed by atoms with Crippen molar-refractivity contribution in [1.82, 2.24) is 0 Å². The van der Waals surface area contributed by atoms with E-state index in [9.17, 15) is 4.39 Å². The van der Waals surface area contributed by atoms with E-state index in [1.807, 2.05) is 0 Å². The molecule has 3 nitrogen and oxygen atoms in total. The van der Waals surface area contributed by atoms with Crippen molar-refractivity contribution in [3.63, 3.8) is 0 Å². The van der Waals surface area contributed by atoms with Gasteiger partial charge in [-0.2, -0.15) is 0 Å². The monoisotopic (exact) mass is 238 g/mol. The molecule has 1 saturated heterocycles. The van der Waals surface area contributed by atoms with E-state index in [2.05, 4.69) is 5.32 Å². The molecule has 0 radical (unpaired) electrons. The first-order chi connectivity index (χ1) is 8.16. The molecule has 1 unspecified atom stereocenters. The van der Waals surface area contributed by atoms with Gasteiger partial charge in [-0.3, -0.25) is 0 Å². The van der Waals surface area contributed by atoms with Crippen molar-refractivity contribution >= 4 is 11.4 Å². The normalized spacial score (nSPS) is 19.5. The van der Waals surface area contributed by atoms with E-state index in [0.29, 0.717) is 17.4 Å². The average molecular weight is 238 g/mol. The fourth-order valence-corrected chi connectivity index (χ4v) is 2.09. The third-order valence-corrected chi connectivity index (χ3v) is 3.14. The summed E-state index contributed by atoms with van der Waals surface area (Å²) in [5.74, 6) is -0.257. The van der Waals surface area contributed by atoms with Crippen molar-refractivity contribution in [1.29, 1.82) is 0 Å². The maximum Gasteiger partial charge on any atom is 0.128 e. The molecule has 0 saturated carbocycles. The standard InChI is InChI=1S/C13H19FN2O/c1-9-7-13(12(15)8-11(9)14)16-5-4-10-3-2-6-17-10/h7-8,10,16H,2-6,15H2,1H3. The highest BCUT2D eigenvalue weighted by molar-refractivity contribution is 5.67. The number of nitrogens with one attached hydrogen (secondary N) is 1. The van der Waals surface area contributed by atoms with E-state index in [1.165, 1.54) is 6.07 Å². The Balaban J connectivity index is 1.87. The quantitative estimate of drug-likeness (QED) is 0.793. The van der Waals surface area contributed by atoms with E-state index >= 15 is 0 Å². The summed E-state index contributed by atoms with van der Waals surface area (Å²) in [7, 11) is 0. The summed E-state index contributed by atoms with van der Waals surface area (Å²) < 4.78 is 18.7. The van der Waals surface area contributed by atoms with E-state index in [4.69, 9.17) is 10.5 Å². The van der Waals surface area contributed by atoms with Crippen molar-refractivity contribution in [2.75, 3.05) is 24.2 Å². The van der Waals surface area contributed by atoms with Crippen molar-refractivity contribution in [2.24, 2.45) is 0 Å². The zero-order valence-electron chi connectivity index (χ0n) is 10.1. The fraction of sp³-hybridized carbons (Fsp3) is 0.538. The highest BCUT2D eigenvalue weighted by Gasteiger charge is 2.14. The van der Waals surface area contributed by atoms with Crippen LogP contribution >= 0.6 is 0 Å². The van der Waals surface area contributed by atoms with Crippen LogP contribution < -0.4 is 11.1 Å². The smallest absolute Gasteiger partial charge is 0.128 e. The number of ether oxygens (including phenoxy) is 1. The summed E-state index contributed by atoms with van der Waals surface area (Å²) in [4.78, 5) is 0. The fourth-order valence-electron chi connectivity index (χ4n) is 2.09. The predicted octanol–water partition coefficient (Wildman–Crippen LogP) is 2.70. The molecule has 0 spiro atoms. The minimum Gasteiger partial charge on any atom is -0.397 e. The van der Waals surface area contributed by atoms with Crippen LogP contribution in [0.25, 0.3) is 0 Å². The minimum atomic E-state index is -0.257. The van der Waals surface area contributed by atoms with Gasteiger partial charge in [-0.1, -0.05) is 0 Å². The lowest BCUT2D eigenvalue weighted by Crippen LogP contribution is -2.13. The number of rotatable bonds is 4. The van der Waals surface area contributed by atoms with Crippen LogP contribution in [-0.2, 0) is 4.74 Å². The lowest BCUT2D eigenvalue weighted by molar-refractivity contribution is 0.107. The minimum absolute atomic E-state index is 0.257. The van der Waals surface area contributed by atoms with Gasteiger partial charge >= 0.3 is 0 Å². The van der Waals surface area contributed by atoms with Gasteiger partial charge in [0, 0.05) is 13.2 Å². The maximum atomic E-state index is 13.2. The first-order valence-electron chi connectivity index (χ1n) is 6.08. The van der Waals surface area contributed by atoms with E-state index < -0.39 is 0 Å². The van der Waals surface area contributed by atoms with E-state index in [-0.39, 0.29) is 5.82 Å². The highest BCUT2D eigenvalue weighted by Crippen LogP contribution is 2.23. The highest BCUT2D eigenvalue weighted by atomic mass is 19.1. The molecule has 1 aromatic rings. The number of anilines is 2. The number of hydrogen-bond acceptors (Lipinski definition) is 3. The Bertz CT molecular complexity index is 389. The second-order valence-electron chi connectivity index (χ2n) is 4.54. The second-order valence-corrected chi connectivity index (χ2v) is 4.54. The van der Waals surface area contributed by atoms with Gasteiger partial charge in [0.05, 0.1) is 17.5 Å². The zero-order chi connectivity index (χ0) is 12.3. The average Bonchev–Trinajstić information content (AvgIpc) is 2.78. The summed E-state index contributed by atoms with van der Waals surface area (Å²) >= 11 is 0. The molecule has 17 heavy (non-hydrogen) atoms. The number of aryl methyl sites for hydroxylation is 1. The molecule has 1 atom stereocenters. The first kappa shape index (κ1) is 12.2. The molecule has 1 aromatic carbocycles. The Morgan fingerprint density at radius 2 is 2.35 bits per heavy atom. The Morgan fingerprint density at radius 1 is 1.53 bits per heavy atom. The van der Waals surface area contributed by atoms with Crippen LogP contribution in [0, 0.1) is 12.7 Å². The van der Waals surface area contributed by atoms with Gasteiger partial charge in [-0.15, -0.1) is 0 Å². The molecule has 3 N–H and O–H groups in total. The van der Waals surface area contributed by atoms with Crippen LogP contribution in [0.4, 0.5) is 15.8 Å². The number of nitrogen functional groups attached to an aromatic ring is 1. The van der Waals surface area contributed by atoms with Gasteiger partial charge in [0.2, 0.25) is 0 Å². The topological polar surface area (TPSA) is 47.3 Å². The molecule has 2 rings (SSSR count). The number of halogens is 1. The van der Waals surface area contributed by atoms with Gasteiger partial charge in [0.25, 0.3) is 0 Å². The molecule has 1 fully saturated rings. The molecular weight excluding hydrogens is 219 g/mol. The van der Waals surface area contributed by atoms with Crippen molar-refractivity contribution in [3.05, 3.63) is 23.5 Å². The summed E-state index contributed by atoms with van der Waals surface area (Å²) in [6, 6.07) is 3.11. The van der Waals surface area contributed by atoms with Gasteiger partial charge in [0.1, 0.15) is 5.82 Å². The molecule has 1 aliphatic heterocycles. The maximum absolute atomic E-state index is 13.2. The van der Waals surface area contributed by atoms with Gasteiger partial charge < -0.3 is 15.8 Å². The molecule has 4 heteroatoms. The first-order valence-corrected chi connectivity index (χ1v) is 6.08. The summed E-state index contributed by atoms with van der Waals surface area (Å²) in [5.41, 5.74) is 7.63. The Morgan fingerprint density at radius 3 is 3.06 bits per heavy atom. The summed E-state index contributed by atoms with van der Waals surface area (Å²) in [6.07, 6.45) is 3.63. The Kier molecular flexibility index (Phi) is 3.84. The third kappa shape index (κ3) is 3.09. The van der Waals surface area contributed by atoms with Gasteiger partial charge in [-0.25, -0.2) is 4.39 Å². The van der Waals surface area contributed by atoms with Crippen LogP contribution in [0.3, 0.4) is 0 Å². The molecular formula is C13H19FN2O. The van der Waals surface area contributed by atoms with Crippen molar-refractivity contribution in [3.8, 4) is 0 Å². The Hall–Kier alpha value is -1.29. The van der Waals surface area contributed by atoms with Crippen molar-refractivity contribution in [2.45, 2.75) is 32.3 Å². The van der Waals surface area contributed by atoms with Crippen LogP contribution in [0.2, 0.25) is 0 Å². The summed E-state index contributed by atoms with van der Waals surface area (Å²) in [6.45, 7) is 3.42. The Labute approximate surface area is 101 Å². The lowest BCUT2D eigenvalue weighted by Gasteiger charge is -2.13. The third-order valence-electron chi connectivity index (χ3n) is 3.14. The molecule has 1 aliphatic rings. The van der Waals surface area contributed by atoms with Crippen LogP contribution in [0.5, 0.6) is 0 Å². The largest absolute Gasteiger partial charge is 0.397 e. The van der Waals surface area contributed by atoms with Crippen LogP contribution in [-0.4, -0.2) is 19.3 Å². The van der Waals surface area contributed by atoms with E-state index in [1.54, 1.807) is 13.0 Å². The van der Waals surface area contributed by atoms with Crippen LogP contribution in [0.1, 0.15) is 24.8 Å². The molecule has 0 amide bonds. The lowest BCUT2D eigenvalue weighted by atomic mass is 10.1. The van der Waals surface area contributed by atoms with Crippen molar-refractivity contribution < 1.29 is 9.13 Å². The molecule has 1 heterocycles. The number of benzene rings is 1. The van der Waals surface area contributed by atoms with Crippen LogP contribution in [0.15, 0.2) is 12.1 Å².